The number of nitrogens with one attached hydrogen (secondary N) is 1. The van der Waals surface area contributed by atoms with E-state index < -0.39 is 24.3 Å². The number of imide groups is 1. The monoisotopic (exact) mass is 320 g/mol. The number of urea groups is 2. The van der Waals surface area contributed by atoms with Crippen LogP contribution in [0.3, 0.4) is 0 Å². The van der Waals surface area contributed by atoms with E-state index in [9.17, 15) is 14.4 Å². The number of rotatable bonds is 3. The fourth-order valence-electron chi connectivity index (χ4n) is 2.51. The number of hydrogen-bond donors (Lipinski definition) is 1. The second-order valence-corrected chi connectivity index (χ2v) is 5.18. The Morgan fingerprint density at radius 3 is 2.26 bits per heavy atom. The summed E-state index contributed by atoms with van der Waals surface area (Å²) in [5.41, 5.74) is 0.554. The predicted octanol–water partition coefficient (Wildman–Crippen LogP) is 1.84. The summed E-state index contributed by atoms with van der Waals surface area (Å²) < 4.78 is 5.29. The Hall–Kier alpha value is -2.77. The number of carbonyl (C=O) groups is 3. The van der Waals surface area contributed by atoms with Crippen molar-refractivity contribution >= 4 is 18.2 Å². The summed E-state index contributed by atoms with van der Waals surface area (Å²) in [6.07, 6.45) is -1.24. The van der Waals surface area contributed by atoms with E-state index in [-0.39, 0.29) is 0 Å². The second-order valence-electron chi connectivity index (χ2n) is 5.18. The van der Waals surface area contributed by atoms with Gasteiger partial charge in [0.05, 0.1) is 0 Å². The molecule has 1 aromatic rings. The van der Waals surface area contributed by atoms with Gasteiger partial charge >= 0.3 is 18.2 Å². The minimum absolute atomic E-state index is 0.298. The zero-order valence-electron chi connectivity index (χ0n) is 13.6. The number of benzene rings is 1. The van der Waals surface area contributed by atoms with E-state index >= 15 is 0 Å². The smallest absolute Gasteiger partial charge is 0.410 e. The van der Waals surface area contributed by atoms with Crippen LogP contribution in [-0.2, 0) is 0 Å². The summed E-state index contributed by atoms with van der Waals surface area (Å²) in [6, 6.07) is 5.97. The molecule has 1 fully saturated rings. The van der Waals surface area contributed by atoms with Crippen molar-refractivity contribution in [2.45, 2.75) is 13.1 Å². The fourth-order valence-corrected chi connectivity index (χ4v) is 2.51. The first-order chi connectivity index (χ1) is 10.9. The lowest BCUT2D eigenvalue weighted by Gasteiger charge is -2.43. The van der Waals surface area contributed by atoms with Crippen LogP contribution in [0.4, 0.5) is 14.4 Å². The van der Waals surface area contributed by atoms with Gasteiger partial charge in [-0.25, -0.2) is 19.3 Å². The van der Waals surface area contributed by atoms with Gasteiger partial charge < -0.3 is 19.9 Å². The van der Waals surface area contributed by atoms with Crippen LogP contribution in [0.15, 0.2) is 24.3 Å². The van der Waals surface area contributed by atoms with Gasteiger partial charge in [0.2, 0.25) is 0 Å². The van der Waals surface area contributed by atoms with Crippen LogP contribution in [0, 0.1) is 0 Å². The largest absolute Gasteiger partial charge is 0.412 e. The van der Waals surface area contributed by atoms with Crippen LogP contribution in [0.1, 0.15) is 18.7 Å². The van der Waals surface area contributed by atoms with E-state index in [0.29, 0.717) is 17.9 Å². The number of hydrogen-bond acceptors (Lipinski definition) is 4. The molecule has 1 aliphatic rings. The topological polar surface area (TPSA) is 82.2 Å². The van der Waals surface area contributed by atoms with Gasteiger partial charge in [-0.3, -0.25) is 0 Å². The molecule has 2 rings (SSSR count). The molecule has 5 amide bonds. The molecule has 1 N–H and O–H groups in total. The first kappa shape index (κ1) is 16.6. The van der Waals surface area contributed by atoms with Crippen LogP contribution in [0.2, 0.25) is 0 Å². The lowest BCUT2D eigenvalue weighted by molar-refractivity contribution is 0.0593. The molecule has 1 aliphatic heterocycles. The predicted molar refractivity (Wildman–Crippen MR) is 83.0 cm³/mol. The fraction of sp³-hybridized carbons (Fsp3) is 0.400. The van der Waals surface area contributed by atoms with Gasteiger partial charge in [0, 0.05) is 33.3 Å². The third kappa shape index (κ3) is 3.05. The number of para-hydroxylation sites is 1. The molecule has 8 nitrogen and oxygen atoms in total. The van der Waals surface area contributed by atoms with E-state index in [1.807, 2.05) is 0 Å². The van der Waals surface area contributed by atoms with Crippen LogP contribution in [0.5, 0.6) is 5.75 Å². The highest BCUT2D eigenvalue weighted by atomic mass is 16.6. The van der Waals surface area contributed by atoms with E-state index in [1.54, 1.807) is 45.3 Å². The van der Waals surface area contributed by atoms with Crippen LogP contribution >= 0.6 is 0 Å². The summed E-state index contributed by atoms with van der Waals surface area (Å²) in [5, 5.41) is 2.54. The number of amides is 5. The maximum atomic E-state index is 12.2. The Morgan fingerprint density at radius 1 is 1.13 bits per heavy atom. The van der Waals surface area contributed by atoms with Crippen LogP contribution in [0.25, 0.3) is 0 Å². The molecule has 0 spiro atoms. The van der Waals surface area contributed by atoms with Crippen molar-refractivity contribution in [3.05, 3.63) is 29.8 Å². The summed E-state index contributed by atoms with van der Waals surface area (Å²) in [7, 11) is 4.61. The highest BCUT2D eigenvalue weighted by Gasteiger charge is 2.40. The molecule has 0 aromatic heterocycles. The van der Waals surface area contributed by atoms with Crippen molar-refractivity contribution < 1.29 is 19.1 Å². The molecule has 0 radical (unpaired) electrons. The van der Waals surface area contributed by atoms with Gasteiger partial charge in [0.25, 0.3) is 0 Å². The molecule has 124 valence electrons. The van der Waals surface area contributed by atoms with Crippen molar-refractivity contribution in [3.8, 4) is 5.75 Å². The zero-order valence-corrected chi connectivity index (χ0v) is 13.6. The first-order valence-electron chi connectivity index (χ1n) is 7.20. The van der Waals surface area contributed by atoms with Crippen molar-refractivity contribution in [2.24, 2.45) is 0 Å². The molecule has 0 atom stereocenters. The molecule has 0 unspecified atom stereocenters. The van der Waals surface area contributed by atoms with E-state index in [1.165, 1.54) is 16.8 Å². The normalized spacial score (nSPS) is 15.9. The molecular weight excluding hydrogens is 300 g/mol. The lowest BCUT2D eigenvalue weighted by atomic mass is 10.1. The Labute approximate surface area is 134 Å². The van der Waals surface area contributed by atoms with Gasteiger partial charge in [0.1, 0.15) is 11.9 Å². The molecular formula is C15H20N4O4. The number of nitrogens with zero attached hydrogens (tertiary/aromatic N) is 3. The molecule has 0 bridgehead atoms. The van der Waals surface area contributed by atoms with Crippen molar-refractivity contribution in [1.82, 2.24) is 20.0 Å². The van der Waals surface area contributed by atoms with E-state index in [0.717, 1.165) is 4.90 Å². The van der Waals surface area contributed by atoms with Crippen molar-refractivity contribution in [3.63, 3.8) is 0 Å². The van der Waals surface area contributed by atoms with E-state index in [4.69, 9.17) is 4.74 Å². The minimum atomic E-state index is -0.656. The Bertz CT molecular complexity index is 612. The lowest BCUT2D eigenvalue weighted by Crippen LogP contribution is -2.58. The summed E-state index contributed by atoms with van der Waals surface area (Å²) in [6.45, 7) is 2.22. The standard InChI is InChI=1S/C15H20N4O4/c1-5-16-13(20)23-11-9-7-6-8-10(11)12-17(2)14(21)19(4)15(22)18(12)3/h6-9,12H,5H2,1-4H3,(H,16,20). The third-order valence-electron chi connectivity index (χ3n) is 3.63. The maximum Gasteiger partial charge on any atom is 0.412 e. The summed E-state index contributed by atoms with van der Waals surface area (Å²) in [5.74, 6) is 0.298. The molecule has 23 heavy (non-hydrogen) atoms. The van der Waals surface area contributed by atoms with Gasteiger partial charge in [-0.15, -0.1) is 0 Å². The van der Waals surface area contributed by atoms with Gasteiger partial charge in [-0.1, -0.05) is 18.2 Å². The maximum absolute atomic E-state index is 12.2. The Kier molecular flexibility index (Phi) is 4.73. The molecule has 0 aliphatic carbocycles. The van der Waals surface area contributed by atoms with Crippen molar-refractivity contribution in [1.29, 1.82) is 0 Å². The first-order valence-corrected chi connectivity index (χ1v) is 7.20. The highest BCUT2D eigenvalue weighted by molar-refractivity contribution is 5.95. The molecule has 1 heterocycles. The molecule has 0 saturated carbocycles. The minimum Gasteiger partial charge on any atom is -0.410 e. The molecule has 1 saturated heterocycles. The SMILES string of the molecule is CCNC(=O)Oc1ccccc1C1N(C)C(=O)N(C)C(=O)N1C. The average Bonchev–Trinajstić information content (AvgIpc) is 2.53. The van der Waals surface area contributed by atoms with Crippen molar-refractivity contribution in [2.75, 3.05) is 27.7 Å². The molecule has 1 aromatic carbocycles. The van der Waals surface area contributed by atoms with Gasteiger partial charge in [-0.05, 0) is 13.0 Å². The summed E-state index contributed by atoms with van der Waals surface area (Å²) >= 11 is 0. The average molecular weight is 320 g/mol. The Balaban J connectivity index is 2.38. The van der Waals surface area contributed by atoms with Gasteiger partial charge in [-0.2, -0.15) is 0 Å². The van der Waals surface area contributed by atoms with E-state index in [2.05, 4.69) is 5.32 Å². The second kappa shape index (κ2) is 6.55. The van der Waals surface area contributed by atoms with Gasteiger partial charge in [0.15, 0.2) is 0 Å². The number of ether oxygens (including phenoxy) is 1. The van der Waals surface area contributed by atoms with Crippen LogP contribution in [-0.4, -0.2) is 60.5 Å². The molecule has 8 heteroatoms. The zero-order chi connectivity index (χ0) is 17.1. The number of carbonyl (C=O) groups excluding carboxylic acids is 3. The summed E-state index contributed by atoms with van der Waals surface area (Å²) in [4.78, 5) is 39.9. The van der Waals surface area contributed by atoms with Crippen LogP contribution < -0.4 is 10.1 Å². The Morgan fingerprint density at radius 2 is 1.70 bits per heavy atom. The third-order valence-corrected chi connectivity index (χ3v) is 3.63. The quantitative estimate of drug-likeness (QED) is 0.921. The highest BCUT2D eigenvalue weighted by Crippen LogP contribution is 2.34.